The number of nitrogen functional groups attached to an aromatic ring is 2. The number of nitrogens with zero attached hydrogens (tertiary/aromatic N) is 7. The second kappa shape index (κ2) is 11.2. The van der Waals surface area contributed by atoms with Crippen LogP contribution in [0, 0.1) is 0 Å². The van der Waals surface area contributed by atoms with Gasteiger partial charge < -0.3 is 40.0 Å². The van der Waals surface area contributed by atoms with Crippen LogP contribution in [0.1, 0.15) is 12.5 Å². The van der Waals surface area contributed by atoms with Crippen LogP contribution in [0.5, 0.6) is 0 Å². The Morgan fingerprint density at radius 2 is 1.71 bits per heavy atom. The Hall–Kier alpha value is -2.66. The normalized spacial score (nSPS) is 37.7. The van der Waals surface area contributed by atoms with Crippen LogP contribution in [0.25, 0.3) is 22.3 Å². The monoisotopic (exact) mass is 707 g/mol. The number of halogens is 1. The van der Waals surface area contributed by atoms with Gasteiger partial charge in [-0.2, -0.15) is 4.98 Å². The molecule has 3 saturated heterocycles. The summed E-state index contributed by atoms with van der Waals surface area (Å²) in [5.74, 6) is -0.202. The first-order valence-electron chi connectivity index (χ1n) is 12.9. The van der Waals surface area contributed by atoms with E-state index < -0.39 is 81.4 Å². The Morgan fingerprint density at radius 3 is 2.49 bits per heavy atom. The number of ether oxygens (including phenoxy) is 2. The molecule has 7 rings (SSSR count). The quantitative estimate of drug-likeness (QED) is 0.124. The third kappa shape index (κ3) is 5.55. The molecule has 45 heavy (non-hydrogen) atoms. The molecule has 3 aliphatic rings. The molecule has 0 amide bonds. The molecule has 10 atom stereocenters. The number of rotatable bonds is 2. The number of alkyl halides is 1. The lowest BCUT2D eigenvalue weighted by Crippen LogP contribution is -2.36. The van der Waals surface area contributed by atoms with Crippen molar-refractivity contribution in [1.82, 2.24) is 39.0 Å². The number of H-pyrrole nitrogens is 1. The predicted octanol–water partition coefficient (Wildman–Crippen LogP) is -0.942. The van der Waals surface area contributed by atoms with Gasteiger partial charge in [-0.25, -0.2) is 28.9 Å². The van der Waals surface area contributed by atoms with E-state index in [4.69, 9.17) is 50.8 Å². The predicted molar refractivity (Wildman–Crippen MR) is 154 cm³/mol. The molecule has 242 valence electrons. The van der Waals surface area contributed by atoms with Gasteiger partial charge in [-0.15, -0.1) is 0 Å². The summed E-state index contributed by atoms with van der Waals surface area (Å²) in [5, 5.41) is 11.1. The number of aromatic nitrogens is 8. The lowest BCUT2D eigenvalue weighted by atomic mass is 10.1. The van der Waals surface area contributed by atoms with E-state index in [1.807, 2.05) is 0 Å². The Morgan fingerprint density at radius 1 is 1.02 bits per heavy atom. The van der Waals surface area contributed by atoms with E-state index in [1.165, 1.54) is 15.5 Å². The number of nitrogens with one attached hydrogen (secondary N) is 1. The molecule has 0 saturated carbocycles. The number of thiol groups is 1. The average Bonchev–Trinajstić information content (AvgIpc) is 3.72. The highest BCUT2D eigenvalue weighted by Crippen LogP contribution is 2.58. The standard InChI is InChI=1S/C20H23FN10O10P2S2/c21-8-12-7(39-18(8)30-4-26-9-14(22)24-3-25-15(9)30)2-37-43(35,45)41-13-11(32)6(1-36-42(34,44)40-12)38-19(13)31-5-27-10-16(31)28-20(23)29-17(10)33/h3-8,11-13,18-19,32H,1-2H2,(H,34,44)(H,35,45)(H2,22,24,25)(H3,23,28,29,33)/p-1/t6-,7-,8+,11+,12+,13+,18-,19-,42?,43?/m1/s1. The second-order valence-electron chi connectivity index (χ2n) is 10.1. The van der Waals surface area contributed by atoms with Gasteiger partial charge in [-0.3, -0.25) is 28.0 Å². The minimum atomic E-state index is -4.53. The molecule has 3 aliphatic heterocycles. The van der Waals surface area contributed by atoms with Crippen LogP contribution >= 0.6 is 25.8 Å². The summed E-state index contributed by atoms with van der Waals surface area (Å²) in [4.78, 5) is 48.1. The largest absolute Gasteiger partial charge is 0.780 e. The van der Waals surface area contributed by atoms with E-state index in [-0.39, 0.29) is 34.1 Å². The average molecular weight is 708 g/mol. The van der Waals surface area contributed by atoms with Gasteiger partial charge in [0.05, 0.1) is 25.9 Å². The van der Waals surface area contributed by atoms with Gasteiger partial charge in [0, 0.05) is 0 Å². The summed E-state index contributed by atoms with van der Waals surface area (Å²) >= 11 is 9.09. The van der Waals surface area contributed by atoms with Crippen molar-refractivity contribution in [3.8, 4) is 0 Å². The molecule has 7 heterocycles. The number of hydrogen-bond donors (Lipinski definition) is 5. The molecule has 4 aromatic rings. The molecule has 0 spiro atoms. The van der Waals surface area contributed by atoms with Crippen molar-refractivity contribution < 1.29 is 46.5 Å². The number of hydrogen-bond acceptors (Lipinski definition) is 18. The first-order valence-corrected chi connectivity index (χ1v) is 18.1. The molecule has 0 aliphatic carbocycles. The molecule has 4 aromatic heterocycles. The highest BCUT2D eigenvalue weighted by Gasteiger charge is 2.52. The topological polar surface area (TPSA) is 275 Å². The zero-order chi connectivity index (χ0) is 31.8. The molecule has 2 unspecified atom stereocenters. The summed E-state index contributed by atoms with van der Waals surface area (Å²) in [7, 11) is 0. The van der Waals surface area contributed by atoms with E-state index in [9.17, 15) is 19.4 Å². The number of aliphatic hydroxyl groups is 1. The first-order chi connectivity index (χ1) is 21.3. The maximum absolute atomic E-state index is 16.0. The molecule has 25 heteroatoms. The van der Waals surface area contributed by atoms with Crippen LogP contribution in [0.3, 0.4) is 0 Å². The summed E-state index contributed by atoms with van der Waals surface area (Å²) in [6, 6.07) is 0. The molecule has 20 nitrogen and oxygen atoms in total. The van der Waals surface area contributed by atoms with Crippen molar-refractivity contribution >= 4 is 71.7 Å². The van der Waals surface area contributed by atoms with Gasteiger partial charge in [-0.1, -0.05) is 24.1 Å². The summed E-state index contributed by atoms with van der Waals surface area (Å²) in [6.07, 6.45) is -8.89. The third-order valence-electron chi connectivity index (χ3n) is 7.27. The SMILES string of the molecule is Nc1nc2c(ncn2[C@@H]2O[C@@H]3COP(=O)(S)O[C@@H]4[C@H](F)[C@H](n5cnc6c(N)ncnc65)O[C@@H]4COP([O-])(=S)O[C@H]2[C@H]3O)c(=O)[nH]1. The van der Waals surface area contributed by atoms with Crippen LogP contribution in [-0.2, 0) is 43.9 Å². The van der Waals surface area contributed by atoms with E-state index in [0.717, 1.165) is 12.7 Å². The van der Waals surface area contributed by atoms with Crippen LogP contribution < -0.4 is 21.9 Å². The summed E-state index contributed by atoms with van der Waals surface area (Å²) in [5.41, 5.74) is 11.0. The number of aromatic amines is 1. The minimum absolute atomic E-state index is 0.0406. The van der Waals surface area contributed by atoms with Gasteiger partial charge in [0.1, 0.15) is 49.1 Å². The molecule has 3 fully saturated rings. The minimum Gasteiger partial charge on any atom is -0.780 e. The van der Waals surface area contributed by atoms with Crippen molar-refractivity contribution in [3.63, 3.8) is 0 Å². The number of aliphatic hydroxyl groups excluding tert-OH is 1. The fourth-order valence-corrected chi connectivity index (χ4v) is 8.13. The van der Waals surface area contributed by atoms with Crippen LogP contribution in [0.4, 0.5) is 16.2 Å². The van der Waals surface area contributed by atoms with Crippen molar-refractivity contribution in [2.45, 2.75) is 49.1 Å². The number of imidazole rings is 2. The molecular formula is C20H22FN10O10P2S2-. The summed E-state index contributed by atoms with van der Waals surface area (Å²) in [6.45, 7) is -10.3. The lowest BCUT2D eigenvalue weighted by Gasteiger charge is -2.34. The summed E-state index contributed by atoms with van der Waals surface area (Å²) < 4.78 is 65.4. The molecule has 2 bridgehead atoms. The lowest BCUT2D eigenvalue weighted by molar-refractivity contribution is -0.218. The Kier molecular flexibility index (Phi) is 7.74. The maximum Gasteiger partial charge on any atom is 0.386 e. The number of nitrogens with two attached hydrogens (primary N) is 2. The van der Waals surface area contributed by atoms with Gasteiger partial charge in [-0.05, 0) is 0 Å². The highest BCUT2D eigenvalue weighted by molar-refractivity contribution is 8.44. The van der Waals surface area contributed by atoms with E-state index in [2.05, 4.69) is 42.2 Å². The van der Waals surface area contributed by atoms with Crippen LogP contribution in [0.2, 0.25) is 0 Å². The zero-order valence-electron chi connectivity index (χ0n) is 22.3. The van der Waals surface area contributed by atoms with Crippen molar-refractivity contribution in [2.24, 2.45) is 0 Å². The first kappa shape index (κ1) is 31.0. The smallest absolute Gasteiger partial charge is 0.386 e. The van der Waals surface area contributed by atoms with Gasteiger partial charge in [0.15, 0.2) is 41.3 Å². The van der Waals surface area contributed by atoms with Gasteiger partial charge in [0.25, 0.3) is 5.56 Å². The molecule has 0 aromatic carbocycles. The van der Waals surface area contributed by atoms with Crippen molar-refractivity contribution in [3.05, 3.63) is 29.3 Å². The van der Waals surface area contributed by atoms with Crippen LogP contribution in [-0.4, -0.2) is 94.0 Å². The van der Waals surface area contributed by atoms with E-state index >= 15 is 4.39 Å². The second-order valence-corrected chi connectivity index (χ2v) is 15.7. The molecular weight excluding hydrogens is 685 g/mol. The van der Waals surface area contributed by atoms with Crippen molar-refractivity contribution in [2.75, 3.05) is 24.7 Å². The molecule has 6 N–H and O–H groups in total. The van der Waals surface area contributed by atoms with E-state index in [1.54, 1.807) is 0 Å². The maximum atomic E-state index is 16.0. The fraction of sp³-hybridized carbons (Fsp3) is 0.500. The van der Waals surface area contributed by atoms with Gasteiger partial charge in [0.2, 0.25) is 5.95 Å². The Bertz CT molecular complexity index is 1950. The van der Waals surface area contributed by atoms with E-state index in [0.29, 0.717) is 0 Å². The zero-order valence-corrected chi connectivity index (χ0v) is 25.8. The van der Waals surface area contributed by atoms with Crippen LogP contribution in [0.15, 0.2) is 23.8 Å². The number of anilines is 2. The fourth-order valence-electron chi connectivity index (χ4n) is 5.25. The Labute approximate surface area is 260 Å². The number of fused-ring (bicyclic) bond motifs is 5. The van der Waals surface area contributed by atoms with Crippen molar-refractivity contribution in [1.29, 1.82) is 0 Å². The third-order valence-corrected chi connectivity index (χ3v) is 10.4. The van der Waals surface area contributed by atoms with Gasteiger partial charge >= 0.3 is 6.80 Å². The Balaban J connectivity index is 1.21. The highest BCUT2D eigenvalue weighted by atomic mass is 32.7. The molecule has 0 radical (unpaired) electrons.